The van der Waals surface area contributed by atoms with Crippen LogP contribution in [-0.4, -0.2) is 36.5 Å². The Kier molecular flexibility index (Phi) is 7.58. The number of benzene rings is 1. The van der Waals surface area contributed by atoms with Crippen molar-refractivity contribution >= 4 is 11.8 Å². The van der Waals surface area contributed by atoms with Crippen LogP contribution in [0.3, 0.4) is 0 Å². The van der Waals surface area contributed by atoms with Crippen molar-refractivity contribution in [3.8, 4) is 12.1 Å². The highest BCUT2D eigenvalue weighted by Crippen LogP contribution is 2.39. The van der Waals surface area contributed by atoms with Crippen molar-refractivity contribution in [2.45, 2.75) is 26.7 Å². The molecule has 0 amide bonds. The van der Waals surface area contributed by atoms with Crippen LogP contribution in [-0.2, 0) is 0 Å². The van der Waals surface area contributed by atoms with Crippen molar-refractivity contribution in [2.24, 2.45) is 5.41 Å². The van der Waals surface area contributed by atoms with Gasteiger partial charge in [0.1, 0.15) is 17.7 Å². The lowest BCUT2D eigenvalue weighted by Crippen LogP contribution is -2.29. The van der Waals surface area contributed by atoms with Crippen molar-refractivity contribution in [2.75, 3.05) is 31.2 Å². The largest absolute Gasteiger partial charge is 0.395 e. The van der Waals surface area contributed by atoms with Gasteiger partial charge in [-0.2, -0.15) is 10.5 Å². The lowest BCUT2D eigenvalue weighted by atomic mass is 9.74. The Morgan fingerprint density at radius 3 is 2.18 bits per heavy atom. The first kappa shape index (κ1) is 21.4. The SMILES string of the molecule is CC1(C)CC(/C=C/c2ccc(N(CCO)CCO)cc2)=CC(=C(C#N)C#N)C1. The average molecular weight is 377 g/mol. The van der Waals surface area contributed by atoms with E-state index in [2.05, 4.69) is 13.8 Å². The molecule has 0 atom stereocenters. The molecule has 1 aliphatic carbocycles. The van der Waals surface area contributed by atoms with Gasteiger partial charge in [-0.25, -0.2) is 0 Å². The van der Waals surface area contributed by atoms with Crippen LogP contribution in [0.15, 0.2) is 53.1 Å². The van der Waals surface area contributed by atoms with Crippen molar-refractivity contribution in [1.29, 1.82) is 10.5 Å². The molecule has 0 heterocycles. The van der Waals surface area contributed by atoms with E-state index < -0.39 is 0 Å². The lowest BCUT2D eigenvalue weighted by molar-refractivity contribution is 0.281. The van der Waals surface area contributed by atoms with Gasteiger partial charge in [-0.3, -0.25) is 0 Å². The average Bonchev–Trinajstić information content (AvgIpc) is 2.66. The Balaban J connectivity index is 2.21. The van der Waals surface area contributed by atoms with Crippen molar-refractivity contribution in [1.82, 2.24) is 0 Å². The lowest BCUT2D eigenvalue weighted by Gasteiger charge is -2.30. The number of nitriles is 2. The Morgan fingerprint density at radius 1 is 1.04 bits per heavy atom. The number of hydrogen-bond donors (Lipinski definition) is 2. The fraction of sp³-hybridized carbons (Fsp3) is 0.391. The van der Waals surface area contributed by atoms with E-state index in [1.54, 1.807) is 0 Å². The van der Waals surface area contributed by atoms with Gasteiger partial charge in [0.25, 0.3) is 0 Å². The first-order valence-electron chi connectivity index (χ1n) is 9.41. The normalized spacial score (nSPS) is 15.6. The second-order valence-electron chi connectivity index (χ2n) is 7.72. The summed E-state index contributed by atoms with van der Waals surface area (Å²) in [7, 11) is 0. The van der Waals surface area contributed by atoms with Gasteiger partial charge in [0.2, 0.25) is 0 Å². The molecule has 0 aliphatic heterocycles. The van der Waals surface area contributed by atoms with Crippen molar-refractivity contribution in [3.05, 3.63) is 58.7 Å². The highest BCUT2D eigenvalue weighted by Gasteiger charge is 2.26. The minimum absolute atomic E-state index is 0.00164. The van der Waals surface area contributed by atoms with Crippen LogP contribution >= 0.6 is 0 Å². The Hall–Kier alpha value is -2.86. The molecule has 0 aromatic heterocycles. The van der Waals surface area contributed by atoms with Crippen LogP contribution in [0.25, 0.3) is 6.08 Å². The predicted octanol–water partition coefficient (Wildman–Crippen LogP) is 3.58. The monoisotopic (exact) mass is 377 g/mol. The van der Waals surface area contributed by atoms with Crippen LogP contribution in [0.5, 0.6) is 0 Å². The smallest absolute Gasteiger partial charge is 0.132 e. The summed E-state index contributed by atoms with van der Waals surface area (Å²) in [5.74, 6) is 0. The van der Waals surface area contributed by atoms with Crippen LogP contribution < -0.4 is 4.90 Å². The minimum atomic E-state index is 0.00164. The van der Waals surface area contributed by atoms with Gasteiger partial charge < -0.3 is 15.1 Å². The molecule has 5 nitrogen and oxygen atoms in total. The standard InChI is InChI=1S/C23H27N3O2/c1-23(2)14-19(13-20(15-23)21(16-24)17-25)4-3-18-5-7-22(8-6-18)26(9-11-27)10-12-28/h3-8,13,27-28H,9-12,14-15H2,1-2H3/b4-3+. The zero-order valence-corrected chi connectivity index (χ0v) is 16.5. The van der Waals surface area contributed by atoms with Gasteiger partial charge in [0.15, 0.2) is 0 Å². The van der Waals surface area contributed by atoms with Gasteiger partial charge in [-0.05, 0) is 47.1 Å². The van der Waals surface area contributed by atoms with E-state index in [0.29, 0.717) is 13.1 Å². The fourth-order valence-electron chi connectivity index (χ4n) is 3.50. The molecule has 28 heavy (non-hydrogen) atoms. The highest BCUT2D eigenvalue weighted by atomic mass is 16.3. The molecule has 1 aromatic rings. The second-order valence-corrected chi connectivity index (χ2v) is 7.72. The maximum Gasteiger partial charge on any atom is 0.132 e. The first-order valence-corrected chi connectivity index (χ1v) is 9.41. The fourth-order valence-corrected chi connectivity index (χ4v) is 3.50. The summed E-state index contributed by atoms with van der Waals surface area (Å²) in [6.45, 7) is 5.32. The molecule has 1 aliphatic rings. The van der Waals surface area contributed by atoms with E-state index in [-0.39, 0.29) is 24.2 Å². The Labute approximate surface area is 167 Å². The zero-order valence-electron chi connectivity index (χ0n) is 16.5. The second kappa shape index (κ2) is 9.90. The van der Waals surface area contributed by atoms with E-state index in [1.807, 2.05) is 59.5 Å². The Bertz CT molecular complexity index is 827. The molecule has 0 unspecified atom stereocenters. The van der Waals surface area contributed by atoms with Crippen LogP contribution in [0, 0.1) is 28.1 Å². The molecule has 146 valence electrons. The number of anilines is 1. The molecule has 5 heteroatoms. The number of nitrogens with zero attached hydrogens (tertiary/aromatic N) is 3. The number of hydrogen-bond acceptors (Lipinski definition) is 5. The third-order valence-electron chi connectivity index (χ3n) is 4.74. The minimum Gasteiger partial charge on any atom is -0.395 e. The molecule has 1 aromatic carbocycles. The van der Waals surface area contributed by atoms with Gasteiger partial charge in [-0.15, -0.1) is 0 Å². The molecule has 0 spiro atoms. The molecular weight excluding hydrogens is 350 g/mol. The van der Waals surface area contributed by atoms with Crippen molar-refractivity contribution in [3.63, 3.8) is 0 Å². The summed E-state index contributed by atoms with van der Waals surface area (Å²) in [6, 6.07) is 11.9. The van der Waals surface area contributed by atoms with Crippen LogP contribution in [0.2, 0.25) is 0 Å². The van der Waals surface area contributed by atoms with E-state index >= 15 is 0 Å². The maximum absolute atomic E-state index is 9.18. The number of rotatable bonds is 7. The molecule has 0 fully saturated rings. The van der Waals surface area contributed by atoms with Gasteiger partial charge in [0.05, 0.1) is 13.2 Å². The first-order chi connectivity index (χ1) is 13.4. The third-order valence-corrected chi connectivity index (χ3v) is 4.74. The summed E-state index contributed by atoms with van der Waals surface area (Å²) in [6.07, 6.45) is 7.64. The van der Waals surface area contributed by atoms with E-state index in [9.17, 15) is 10.5 Å². The molecule has 0 bridgehead atoms. The van der Waals surface area contributed by atoms with E-state index in [1.165, 1.54) is 0 Å². The van der Waals surface area contributed by atoms with Gasteiger partial charge in [0, 0.05) is 18.8 Å². The zero-order chi connectivity index (χ0) is 20.6. The number of allylic oxidation sites excluding steroid dienone is 5. The summed E-state index contributed by atoms with van der Waals surface area (Å²) < 4.78 is 0. The molecule has 2 rings (SSSR count). The van der Waals surface area contributed by atoms with Crippen LogP contribution in [0.1, 0.15) is 32.3 Å². The number of aliphatic hydroxyl groups excluding tert-OH is 2. The van der Waals surface area contributed by atoms with Gasteiger partial charge in [-0.1, -0.05) is 44.2 Å². The van der Waals surface area contributed by atoms with Crippen molar-refractivity contribution < 1.29 is 10.2 Å². The van der Waals surface area contributed by atoms with E-state index in [0.717, 1.165) is 35.2 Å². The third kappa shape index (κ3) is 5.82. The molecular formula is C23H27N3O2. The Morgan fingerprint density at radius 2 is 1.64 bits per heavy atom. The summed E-state index contributed by atoms with van der Waals surface area (Å²) in [5, 5.41) is 36.7. The maximum atomic E-state index is 9.18. The van der Waals surface area contributed by atoms with Gasteiger partial charge >= 0.3 is 0 Å². The van der Waals surface area contributed by atoms with Crippen LogP contribution in [0.4, 0.5) is 5.69 Å². The topological polar surface area (TPSA) is 91.3 Å². The van der Waals surface area contributed by atoms with E-state index in [4.69, 9.17) is 10.2 Å². The quantitative estimate of drug-likeness (QED) is 0.709. The summed E-state index contributed by atoms with van der Waals surface area (Å²) in [5.41, 5.74) is 4.08. The highest BCUT2D eigenvalue weighted by molar-refractivity contribution is 5.59. The molecule has 0 saturated carbocycles. The summed E-state index contributed by atoms with van der Waals surface area (Å²) >= 11 is 0. The molecule has 2 N–H and O–H groups in total. The molecule has 0 saturated heterocycles. The molecule has 0 radical (unpaired) electrons. The summed E-state index contributed by atoms with van der Waals surface area (Å²) in [4.78, 5) is 1.93. The predicted molar refractivity (Wildman–Crippen MR) is 111 cm³/mol. The number of aliphatic hydroxyl groups is 2.